The van der Waals surface area contributed by atoms with Crippen LogP contribution in [0.3, 0.4) is 0 Å². The van der Waals surface area contributed by atoms with Crippen LogP contribution in [0.5, 0.6) is 11.5 Å². The van der Waals surface area contributed by atoms with Crippen molar-refractivity contribution in [2.75, 3.05) is 26.5 Å². The van der Waals surface area contributed by atoms with Crippen LogP contribution in [0.1, 0.15) is 29.0 Å². The number of aryl methyl sites for hydroxylation is 1. The molecule has 0 aromatic heterocycles. The molecule has 2 unspecified atom stereocenters. The van der Waals surface area contributed by atoms with Crippen molar-refractivity contribution in [2.24, 2.45) is 0 Å². The van der Waals surface area contributed by atoms with E-state index in [2.05, 4.69) is 5.32 Å². The van der Waals surface area contributed by atoms with Crippen LogP contribution in [-0.4, -0.2) is 49.3 Å². The van der Waals surface area contributed by atoms with Crippen molar-refractivity contribution in [1.29, 1.82) is 0 Å². The van der Waals surface area contributed by atoms with E-state index in [-0.39, 0.29) is 17.2 Å². The van der Waals surface area contributed by atoms with Crippen LogP contribution >= 0.6 is 11.8 Å². The van der Waals surface area contributed by atoms with E-state index in [0.29, 0.717) is 30.2 Å². The molecular formula is C23H28N2O4S. The average molecular weight is 429 g/mol. The van der Waals surface area contributed by atoms with Gasteiger partial charge in [0.1, 0.15) is 11.4 Å². The number of rotatable bonds is 7. The standard InChI is InChI=1S/C23H28N2O4S/c1-15-5-8-18(9-6-15)23-25(16(2)26)19(14-30-23)22(27)24-12-11-17-7-10-20(28-3)21(13-17)29-4/h5-10,13,19,23H,11-12,14H2,1-4H3,(H,24,27). The minimum absolute atomic E-state index is 0.0920. The fraction of sp³-hybridized carbons (Fsp3) is 0.391. The number of thioether (sulfide) groups is 1. The molecule has 1 saturated heterocycles. The first-order valence-corrected chi connectivity index (χ1v) is 10.9. The number of methoxy groups -OCH3 is 2. The molecule has 0 aliphatic carbocycles. The fourth-order valence-corrected chi connectivity index (χ4v) is 5.05. The van der Waals surface area contributed by atoms with E-state index >= 15 is 0 Å². The summed E-state index contributed by atoms with van der Waals surface area (Å²) in [6, 6.07) is 13.4. The summed E-state index contributed by atoms with van der Waals surface area (Å²) in [5.41, 5.74) is 3.25. The van der Waals surface area contributed by atoms with E-state index in [0.717, 1.165) is 11.1 Å². The zero-order valence-electron chi connectivity index (χ0n) is 17.8. The minimum Gasteiger partial charge on any atom is -0.493 e. The molecule has 0 spiro atoms. The van der Waals surface area contributed by atoms with E-state index in [1.807, 2.05) is 49.4 Å². The molecular weight excluding hydrogens is 400 g/mol. The van der Waals surface area contributed by atoms with Crippen LogP contribution in [0.15, 0.2) is 42.5 Å². The lowest BCUT2D eigenvalue weighted by atomic mass is 10.1. The first-order valence-electron chi connectivity index (χ1n) is 9.90. The van der Waals surface area contributed by atoms with Crippen molar-refractivity contribution in [2.45, 2.75) is 31.7 Å². The van der Waals surface area contributed by atoms with Gasteiger partial charge in [-0.25, -0.2) is 0 Å². The van der Waals surface area contributed by atoms with Crippen molar-refractivity contribution < 1.29 is 19.1 Å². The second kappa shape index (κ2) is 9.89. The number of nitrogens with one attached hydrogen (secondary N) is 1. The van der Waals surface area contributed by atoms with Gasteiger partial charge in [0.05, 0.1) is 14.2 Å². The van der Waals surface area contributed by atoms with Crippen molar-refractivity contribution in [1.82, 2.24) is 10.2 Å². The van der Waals surface area contributed by atoms with Gasteiger partial charge in [-0.2, -0.15) is 0 Å². The third kappa shape index (κ3) is 4.90. The van der Waals surface area contributed by atoms with Crippen LogP contribution in [0, 0.1) is 6.92 Å². The van der Waals surface area contributed by atoms with Gasteiger partial charge in [0.2, 0.25) is 11.8 Å². The highest BCUT2D eigenvalue weighted by molar-refractivity contribution is 7.99. The van der Waals surface area contributed by atoms with Crippen molar-refractivity contribution in [3.8, 4) is 11.5 Å². The molecule has 7 heteroatoms. The highest BCUT2D eigenvalue weighted by Crippen LogP contribution is 2.41. The molecule has 0 saturated carbocycles. The summed E-state index contributed by atoms with van der Waals surface area (Å²) in [7, 11) is 3.20. The first-order chi connectivity index (χ1) is 14.4. The number of hydrogen-bond acceptors (Lipinski definition) is 5. The number of ether oxygens (including phenoxy) is 2. The highest BCUT2D eigenvalue weighted by atomic mass is 32.2. The zero-order chi connectivity index (χ0) is 21.7. The maximum Gasteiger partial charge on any atom is 0.243 e. The van der Waals surface area contributed by atoms with Crippen molar-refractivity contribution in [3.63, 3.8) is 0 Å². The molecule has 2 aromatic carbocycles. The Bertz CT molecular complexity index is 901. The highest BCUT2D eigenvalue weighted by Gasteiger charge is 2.40. The molecule has 0 bridgehead atoms. The first kappa shape index (κ1) is 22.0. The van der Waals surface area contributed by atoms with Crippen molar-refractivity contribution >= 4 is 23.6 Å². The Balaban J connectivity index is 1.62. The Morgan fingerprint density at radius 3 is 2.43 bits per heavy atom. The molecule has 1 aliphatic heterocycles. The van der Waals surface area contributed by atoms with Crippen LogP contribution in [0.25, 0.3) is 0 Å². The van der Waals surface area contributed by atoms with Gasteiger partial charge >= 0.3 is 0 Å². The molecule has 1 heterocycles. The molecule has 2 atom stereocenters. The quantitative estimate of drug-likeness (QED) is 0.733. The van der Waals surface area contributed by atoms with E-state index in [1.54, 1.807) is 30.9 Å². The summed E-state index contributed by atoms with van der Waals surface area (Å²) in [5.74, 6) is 1.71. The van der Waals surface area contributed by atoms with Crippen LogP contribution in [-0.2, 0) is 16.0 Å². The minimum atomic E-state index is -0.468. The van der Waals surface area contributed by atoms with Gasteiger partial charge < -0.3 is 19.7 Å². The number of benzene rings is 2. The van der Waals surface area contributed by atoms with Crippen LogP contribution in [0.4, 0.5) is 0 Å². The number of nitrogens with zero attached hydrogens (tertiary/aromatic N) is 1. The van der Waals surface area contributed by atoms with Gasteiger partial charge in [-0.3, -0.25) is 9.59 Å². The summed E-state index contributed by atoms with van der Waals surface area (Å²) in [5, 5.41) is 2.85. The van der Waals surface area contributed by atoms with Gasteiger partial charge in [0.25, 0.3) is 0 Å². The summed E-state index contributed by atoms with van der Waals surface area (Å²) in [6.45, 7) is 4.04. The predicted molar refractivity (Wildman–Crippen MR) is 119 cm³/mol. The van der Waals surface area contributed by atoms with Crippen LogP contribution in [0.2, 0.25) is 0 Å². The van der Waals surface area contributed by atoms with Gasteiger partial charge in [-0.1, -0.05) is 35.9 Å². The fourth-order valence-electron chi connectivity index (χ4n) is 3.56. The average Bonchev–Trinajstić information content (AvgIpc) is 3.19. The maximum absolute atomic E-state index is 12.8. The summed E-state index contributed by atoms with van der Waals surface area (Å²) < 4.78 is 10.6. The Morgan fingerprint density at radius 1 is 1.10 bits per heavy atom. The largest absolute Gasteiger partial charge is 0.493 e. The monoisotopic (exact) mass is 428 g/mol. The van der Waals surface area contributed by atoms with E-state index in [1.165, 1.54) is 12.5 Å². The third-order valence-corrected chi connectivity index (χ3v) is 6.51. The molecule has 3 rings (SSSR count). The Kier molecular flexibility index (Phi) is 7.26. The molecule has 2 aromatic rings. The van der Waals surface area contributed by atoms with Gasteiger partial charge in [0, 0.05) is 19.2 Å². The Labute approximate surface area is 181 Å². The van der Waals surface area contributed by atoms with Gasteiger partial charge in [-0.15, -0.1) is 11.8 Å². The molecule has 2 amide bonds. The topological polar surface area (TPSA) is 67.9 Å². The number of hydrogen-bond donors (Lipinski definition) is 1. The number of carbonyl (C=O) groups is 2. The molecule has 1 aliphatic rings. The normalized spacial score (nSPS) is 18.2. The molecule has 6 nitrogen and oxygen atoms in total. The van der Waals surface area contributed by atoms with E-state index < -0.39 is 6.04 Å². The Hall–Kier alpha value is -2.67. The molecule has 1 N–H and O–H groups in total. The predicted octanol–water partition coefficient (Wildman–Crippen LogP) is 3.33. The smallest absolute Gasteiger partial charge is 0.243 e. The zero-order valence-corrected chi connectivity index (χ0v) is 18.6. The summed E-state index contributed by atoms with van der Waals surface area (Å²) >= 11 is 1.63. The summed E-state index contributed by atoms with van der Waals surface area (Å²) in [4.78, 5) is 26.9. The number of carbonyl (C=O) groups excluding carboxylic acids is 2. The Morgan fingerprint density at radius 2 is 1.80 bits per heavy atom. The molecule has 0 radical (unpaired) electrons. The lowest BCUT2D eigenvalue weighted by Crippen LogP contribution is -2.47. The lowest BCUT2D eigenvalue weighted by molar-refractivity contribution is -0.138. The molecule has 30 heavy (non-hydrogen) atoms. The number of amides is 2. The molecule has 1 fully saturated rings. The summed E-state index contributed by atoms with van der Waals surface area (Å²) in [6.07, 6.45) is 0.660. The SMILES string of the molecule is COc1ccc(CCNC(=O)C2CSC(c3ccc(C)cc3)N2C(C)=O)cc1OC. The second-order valence-electron chi connectivity index (χ2n) is 7.27. The molecule has 160 valence electrons. The van der Waals surface area contributed by atoms with Gasteiger partial charge in [0.15, 0.2) is 11.5 Å². The maximum atomic E-state index is 12.8. The van der Waals surface area contributed by atoms with Gasteiger partial charge in [-0.05, 0) is 36.6 Å². The van der Waals surface area contributed by atoms with Crippen LogP contribution < -0.4 is 14.8 Å². The van der Waals surface area contributed by atoms with E-state index in [9.17, 15) is 9.59 Å². The van der Waals surface area contributed by atoms with E-state index in [4.69, 9.17) is 9.47 Å². The van der Waals surface area contributed by atoms with Crippen molar-refractivity contribution in [3.05, 3.63) is 59.2 Å². The second-order valence-corrected chi connectivity index (χ2v) is 8.38. The lowest BCUT2D eigenvalue weighted by Gasteiger charge is -2.28. The third-order valence-electron chi connectivity index (χ3n) is 5.19.